The third-order valence-corrected chi connectivity index (χ3v) is 5.64. The number of nitro benzene ring substituents is 2. The van der Waals surface area contributed by atoms with Crippen LogP contribution >= 0.6 is 11.6 Å². The molecule has 9 heteroatoms. The number of anilines is 1. The number of nitro groups is 2. The Morgan fingerprint density at radius 3 is 2.19 bits per heavy atom. The number of rotatable bonds is 6. The van der Waals surface area contributed by atoms with Gasteiger partial charge in [0.1, 0.15) is 5.69 Å². The van der Waals surface area contributed by atoms with Crippen LogP contribution in [0.25, 0.3) is 5.57 Å². The maximum absolute atomic E-state index is 11.4. The number of benzene rings is 3. The van der Waals surface area contributed by atoms with E-state index in [-0.39, 0.29) is 17.3 Å². The fourth-order valence-corrected chi connectivity index (χ4v) is 4.07. The van der Waals surface area contributed by atoms with Crippen molar-refractivity contribution in [1.29, 1.82) is 0 Å². The fraction of sp³-hybridized carbons (Fsp3) is 0.0870. The van der Waals surface area contributed by atoms with Crippen molar-refractivity contribution in [3.05, 3.63) is 115 Å². The largest absolute Gasteiger partial charge is 0.301 e. The van der Waals surface area contributed by atoms with E-state index in [4.69, 9.17) is 11.6 Å². The molecule has 1 aliphatic carbocycles. The number of hydrogen-bond donors (Lipinski definition) is 1. The first-order chi connectivity index (χ1) is 15.5. The number of halogens is 1. The summed E-state index contributed by atoms with van der Waals surface area (Å²) >= 11 is 6.74. The molecule has 8 nitrogen and oxygen atoms in total. The Morgan fingerprint density at radius 2 is 1.56 bits per heavy atom. The molecule has 160 valence electrons. The Balaban J connectivity index is 1.72. The third-order valence-electron chi connectivity index (χ3n) is 5.22. The van der Waals surface area contributed by atoms with Crippen molar-refractivity contribution in [3.63, 3.8) is 0 Å². The third kappa shape index (κ3) is 4.21. The summed E-state index contributed by atoms with van der Waals surface area (Å²) in [6.07, 6.45) is 0.501. The smallest absolute Gasteiger partial charge is 0.271 e. The van der Waals surface area contributed by atoms with E-state index in [1.807, 2.05) is 60.7 Å². The van der Waals surface area contributed by atoms with Gasteiger partial charge in [-0.25, -0.2) is 0 Å². The summed E-state index contributed by atoms with van der Waals surface area (Å²) in [7, 11) is 0. The van der Waals surface area contributed by atoms with Gasteiger partial charge < -0.3 is 0 Å². The van der Waals surface area contributed by atoms with E-state index in [0.29, 0.717) is 17.2 Å². The SMILES string of the molecule is O=[N+]([O-])c1ccc(N/N=C2\C[C@@H](c3ccccc3)C(c3ccccc3)=C2Cl)c([N+](=O)[O-])c1. The molecule has 0 bridgehead atoms. The second-order valence-electron chi connectivity index (χ2n) is 7.15. The minimum atomic E-state index is -0.691. The van der Waals surface area contributed by atoms with Crippen molar-refractivity contribution in [2.24, 2.45) is 5.10 Å². The van der Waals surface area contributed by atoms with E-state index in [1.165, 1.54) is 12.1 Å². The van der Waals surface area contributed by atoms with E-state index in [2.05, 4.69) is 10.5 Å². The zero-order chi connectivity index (χ0) is 22.7. The summed E-state index contributed by atoms with van der Waals surface area (Å²) in [6, 6.07) is 23.0. The first-order valence-electron chi connectivity index (χ1n) is 9.71. The van der Waals surface area contributed by atoms with Gasteiger partial charge in [-0.2, -0.15) is 5.10 Å². The van der Waals surface area contributed by atoms with Gasteiger partial charge in [0.25, 0.3) is 5.69 Å². The molecule has 0 saturated heterocycles. The highest BCUT2D eigenvalue weighted by atomic mass is 35.5. The molecule has 0 spiro atoms. The molecule has 0 unspecified atom stereocenters. The monoisotopic (exact) mass is 448 g/mol. The normalized spacial score (nSPS) is 16.9. The van der Waals surface area contributed by atoms with Gasteiger partial charge >= 0.3 is 5.69 Å². The Labute approximate surface area is 188 Å². The second-order valence-corrected chi connectivity index (χ2v) is 7.53. The average molecular weight is 449 g/mol. The van der Waals surface area contributed by atoms with Gasteiger partial charge in [-0.05, 0) is 22.8 Å². The summed E-state index contributed by atoms with van der Waals surface area (Å²) in [5.41, 5.74) is 5.44. The topological polar surface area (TPSA) is 111 Å². The lowest BCUT2D eigenvalue weighted by molar-refractivity contribution is -0.393. The van der Waals surface area contributed by atoms with E-state index in [0.717, 1.165) is 22.8 Å². The van der Waals surface area contributed by atoms with Gasteiger partial charge in [-0.1, -0.05) is 72.3 Å². The van der Waals surface area contributed by atoms with Crippen LogP contribution in [0.5, 0.6) is 0 Å². The van der Waals surface area contributed by atoms with Gasteiger partial charge in [-0.15, -0.1) is 0 Å². The number of nitrogens with zero attached hydrogens (tertiary/aromatic N) is 3. The van der Waals surface area contributed by atoms with E-state index in [9.17, 15) is 20.2 Å². The van der Waals surface area contributed by atoms with Crippen LogP contribution in [0.2, 0.25) is 0 Å². The van der Waals surface area contributed by atoms with Gasteiger partial charge in [0.15, 0.2) is 0 Å². The second kappa shape index (κ2) is 8.99. The molecule has 0 aromatic heterocycles. The summed E-state index contributed by atoms with van der Waals surface area (Å²) in [4.78, 5) is 21.0. The number of hydrazone groups is 1. The summed E-state index contributed by atoms with van der Waals surface area (Å²) in [5.74, 6) is -0.0292. The van der Waals surface area contributed by atoms with E-state index in [1.54, 1.807) is 0 Å². The Kier molecular flexibility index (Phi) is 5.96. The molecule has 32 heavy (non-hydrogen) atoms. The van der Waals surface area contributed by atoms with Crippen molar-refractivity contribution in [2.75, 3.05) is 5.43 Å². The molecule has 0 radical (unpaired) electrons. The minimum Gasteiger partial charge on any atom is -0.271 e. The zero-order valence-electron chi connectivity index (χ0n) is 16.6. The lowest BCUT2D eigenvalue weighted by Crippen LogP contribution is -2.03. The number of allylic oxidation sites excluding steroid dienone is 2. The van der Waals surface area contributed by atoms with E-state index < -0.39 is 15.5 Å². The highest BCUT2D eigenvalue weighted by Crippen LogP contribution is 2.45. The molecular weight excluding hydrogens is 432 g/mol. The molecule has 3 aromatic rings. The van der Waals surface area contributed by atoms with Gasteiger partial charge in [-0.3, -0.25) is 25.7 Å². The first kappa shape index (κ1) is 21.2. The predicted octanol–water partition coefficient (Wildman–Crippen LogP) is 6.11. The molecular formula is C23H17ClN4O4. The maximum Gasteiger partial charge on any atom is 0.301 e. The van der Waals surface area contributed by atoms with Crippen LogP contribution in [0.1, 0.15) is 23.5 Å². The standard InChI is InChI=1S/C23H17ClN4O4/c24-23-20(26-25-19-12-11-17(27(29)30)13-21(19)28(31)32)14-18(15-7-3-1-4-8-15)22(23)16-9-5-2-6-10-16/h1-13,18,25H,14H2/b26-20+/t18-/m0/s1. The molecule has 4 rings (SSSR count). The summed E-state index contributed by atoms with van der Waals surface area (Å²) < 4.78 is 0. The van der Waals surface area contributed by atoms with E-state index >= 15 is 0 Å². The van der Waals surface area contributed by atoms with Crippen LogP contribution in [0.3, 0.4) is 0 Å². The number of nitrogens with one attached hydrogen (secondary N) is 1. The number of hydrogen-bond acceptors (Lipinski definition) is 6. The zero-order valence-corrected chi connectivity index (χ0v) is 17.4. The van der Waals surface area contributed by atoms with Crippen molar-refractivity contribution in [1.82, 2.24) is 0 Å². The molecule has 0 amide bonds. The first-order valence-corrected chi connectivity index (χ1v) is 10.1. The van der Waals surface area contributed by atoms with Crippen LogP contribution in [0.4, 0.5) is 17.1 Å². The highest BCUT2D eigenvalue weighted by molar-refractivity contribution is 6.48. The summed E-state index contributed by atoms with van der Waals surface area (Å²) in [5, 5.41) is 27.2. The Morgan fingerprint density at radius 1 is 0.906 bits per heavy atom. The summed E-state index contributed by atoms with van der Waals surface area (Å²) in [6.45, 7) is 0. The molecule has 3 aromatic carbocycles. The van der Waals surface area contributed by atoms with Crippen molar-refractivity contribution < 1.29 is 9.85 Å². The molecule has 0 aliphatic heterocycles. The lowest BCUT2D eigenvalue weighted by Gasteiger charge is -2.15. The van der Waals surface area contributed by atoms with Crippen molar-refractivity contribution in [3.8, 4) is 0 Å². The van der Waals surface area contributed by atoms with Gasteiger partial charge in [0.2, 0.25) is 0 Å². The van der Waals surface area contributed by atoms with Crippen molar-refractivity contribution >= 4 is 39.9 Å². The molecule has 0 fully saturated rings. The quantitative estimate of drug-likeness (QED) is 0.361. The fourth-order valence-electron chi connectivity index (χ4n) is 3.71. The van der Waals surface area contributed by atoms with Crippen molar-refractivity contribution in [2.45, 2.75) is 12.3 Å². The van der Waals surface area contributed by atoms with Crippen LogP contribution in [0, 0.1) is 20.2 Å². The predicted molar refractivity (Wildman–Crippen MR) is 124 cm³/mol. The molecule has 0 heterocycles. The Hall–Kier alpha value is -4.04. The molecule has 1 N–H and O–H groups in total. The van der Waals surface area contributed by atoms with Crippen LogP contribution in [-0.4, -0.2) is 15.6 Å². The molecule has 1 atom stereocenters. The average Bonchev–Trinajstić information content (AvgIpc) is 3.14. The van der Waals surface area contributed by atoms with Crippen LogP contribution < -0.4 is 5.43 Å². The van der Waals surface area contributed by atoms with Gasteiger partial charge in [0, 0.05) is 18.4 Å². The molecule has 1 aliphatic rings. The highest BCUT2D eigenvalue weighted by Gasteiger charge is 2.32. The number of non-ortho nitro benzene ring substituents is 1. The minimum absolute atomic E-state index is 0.0292. The lowest BCUT2D eigenvalue weighted by atomic mass is 9.88. The van der Waals surface area contributed by atoms with Crippen LogP contribution in [-0.2, 0) is 0 Å². The van der Waals surface area contributed by atoms with Crippen LogP contribution in [0.15, 0.2) is 89.0 Å². The molecule has 0 saturated carbocycles. The Bertz CT molecular complexity index is 1240. The van der Waals surface area contributed by atoms with Gasteiger partial charge in [0.05, 0.1) is 26.7 Å². The maximum atomic E-state index is 11.4.